The van der Waals surface area contributed by atoms with Gasteiger partial charge in [0.05, 0.1) is 17.8 Å². The van der Waals surface area contributed by atoms with Crippen LogP contribution in [0.25, 0.3) is 10.9 Å². The molecule has 4 rings (SSSR count). The molecule has 3 aromatic rings. The highest BCUT2D eigenvalue weighted by atomic mass is 35.5. The van der Waals surface area contributed by atoms with Crippen LogP contribution >= 0.6 is 11.6 Å². The lowest BCUT2D eigenvalue weighted by Gasteiger charge is -2.37. The fourth-order valence-corrected chi connectivity index (χ4v) is 4.76. The number of ether oxygens (including phenoxy) is 1. The minimum atomic E-state index is -0.998. The molecule has 8 heteroatoms. The fourth-order valence-electron chi connectivity index (χ4n) is 4.45. The van der Waals surface area contributed by atoms with Crippen molar-refractivity contribution in [1.82, 2.24) is 15.2 Å². The lowest BCUT2D eigenvalue weighted by atomic mass is 10.1. The topological polar surface area (TPSA) is 60.6 Å². The Morgan fingerprint density at radius 2 is 1.97 bits per heavy atom. The fraction of sp³-hybridized carbons (Fsp3) is 0.423. The summed E-state index contributed by atoms with van der Waals surface area (Å²) in [5.41, 5.74) is 3.58. The number of benzene rings is 2. The third kappa shape index (κ3) is 5.65. The van der Waals surface area contributed by atoms with Crippen LogP contribution in [0.15, 0.2) is 42.5 Å². The summed E-state index contributed by atoms with van der Waals surface area (Å²) in [6.07, 6.45) is 0.188. The summed E-state index contributed by atoms with van der Waals surface area (Å²) in [6.45, 7) is 5.85. The van der Waals surface area contributed by atoms with E-state index in [1.807, 2.05) is 36.4 Å². The van der Waals surface area contributed by atoms with Crippen LogP contribution in [-0.4, -0.2) is 68.3 Å². The number of anilines is 1. The van der Waals surface area contributed by atoms with E-state index in [4.69, 9.17) is 16.3 Å². The summed E-state index contributed by atoms with van der Waals surface area (Å²) in [4.78, 5) is 19.9. The van der Waals surface area contributed by atoms with E-state index in [1.54, 1.807) is 7.11 Å². The number of carbonyl (C=O) groups is 1. The predicted molar refractivity (Wildman–Crippen MR) is 136 cm³/mol. The van der Waals surface area contributed by atoms with E-state index in [9.17, 15) is 9.18 Å². The van der Waals surface area contributed by atoms with Crippen LogP contribution in [-0.2, 0) is 6.42 Å². The van der Waals surface area contributed by atoms with Crippen molar-refractivity contribution in [2.45, 2.75) is 25.9 Å². The molecule has 1 aromatic heterocycles. The smallest absolute Gasteiger partial charge is 0.267 e. The molecule has 1 atom stereocenters. The van der Waals surface area contributed by atoms with E-state index >= 15 is 0 Å². The highest BCUT2D eigenvalue weighted by molar-refractivity contribution is 6.32. The second-order valence-corrected chi connectivity index (χ2v) is 9.09. The number of methoxy groups -OCH3 is 1. The number of para-hydroxylation sites is 1. The van der Waals surface area contributed by atoms with Crippen molar-refractivity contribution in [2.24, 2.45) is 0 Å². The van der Waals surface area contributed by atoms with Gasteiger partial charge in [-0.15, -0.1) is 0 Å². The molecule has 1 aliphatic heterocycles. The molecule has 0 spiro atoms. The molecular formula is C26H32ClFN4O2. The van der Waals surface area contributed by atoms with Crippen LogP contribution in [0.3, 0.4) is 0 Å². The number of aryl methyl sites for hydroxylation is 1. The van der Waals surface area contributed by atoms with Crippen molar-refractivity contribution in [2.75, 3.05) is 51.3 Å². The number of nitrogens with one attached hydrogen (secondary N) is 2. The highest BCUT2D eigenvalue weighted by Gasteiger charge is 2.23. The van der Waals surface area contributed by atoms with Gasteiger partial charge in [0, 0.05) is 50.2 Å². The van der Waals surface area contributed by atoms with Gasteiger partial charge in [0.25, 0.3) is 5.91 Å². The molecule has 2 aromatic carbocycles. The molecule has 182 valence electrons. The molecule has 0 saturated carbocycles. The van der Waals surface area contributed by atoms with E-state index in [-0.39, 0.29) is 12.3 Å². The van der Waals surface area contributed by atoms with Gasteiger partial charge in [0.1, 0.15) is 11.9 Å². The molecule has 6 nitrogen and oxygen atoms in total. The van der Waals surface area contributed by atoms with E-state index in [1.165, 1.54) is 5.56 Å². The molecule has 2 heterocycles. The number of H-pyrrole nitrogens is 1. The molecular weight excluding hydrogens is 455 g/mol. The highest BCUT2D eigenvalue weighted by Crippen LogP contribution is 2.37. The number of fused-ring (bicyclic) bond motifs is 1. The third-order valence-electron chi connectivity index (χ3n) is 6.38. The quantitative estimate of drug-likeness (QED) is 0.461. The van der Waals surface area contributed by atoms with E-state index in [0.717, 1.165) is 49.2 Å². The maximum Gasteiger partial charge on any atom is 0.267 e. The molecule has 2 N–H and O–H groups in total. The monoisotopic (exact) mass is 486 g/mol. The molecule has 0 radical (unpaired) electrons. The van der Waals surface area contributed by atoms with Crippen LogP contribution in [0, 0.1) is 0 Å². The average molecular weight is 487 g/mol. The van der Waals surface area contributed by atoms with Gasteiger partial charge in [-0.1, -0.05) is 36.7 Å². The number of piperazine rings is 1. The molecule has 0 aliphatic carbocycles. The second kappa shape index (κ2) is 11.1. The van der Waals surface area contributed by atoms with Gasteiger partial charge in [-0.05, 0) is 42.7 Å². The molecule has 1 unspecified atom stereocenters. The number of halogens is 2. The van der Waals surface area contributed by atoms with Crippen LogP contribution in [0.4, 0.5) is 10.1 Å². The number of hydrogen-bond donors (Lipinski definition) is 2. The van der Waals surface area contributed by atoms with Crippen LogP contribution < -0.4 is 15.0 Å². The van der Waals surface area contributed by atoms with Crippen molar-refractivity contribution in [3.05, 3.63) is 58.7 Å². The zero-order chi connectivity index (χ0) is 24.1. The van der Waals surface area contributed by atoms with Crippen molar-refractivity contribution in [3.8, 4) is 5.75 Å². The van der Waals surface area contributed by atoms with Crippen LogP contribution in [0.5, 0.6) is 5.75 Å². The van der Waals surface area contributed by atoms with Gasteiger partial charge < -0.3 is 19.9 Å². The first-order chi connectivity index (χ1) is 16.5. The second-order valence-electron chi connectivity index (χ2n) is 8.68. The number of nitrogens with zero attached hydrogens (tertiary/aromatic N) is 2. The average Bonchev–Trinajstić information content (AvgIpc) is 3.28. The number of aromatic amines is 1. The zero-order valence-electron chi connectivity index (χ0n) is 19.7. The van der Waals surface area contributed by atoms with Crippen LogP contribution in [0.2, 0.25) is 5.02 Å². The summed E-state index contributed by atoms with van der Waals surface area (Å²) in [5, 5.41) is 4.43. The Bertz CT molecular complexity index is 1090. The Labute approximate surface area is 205 Å². The minimum absolute atomic E-state index is 0.209. The molecule has 1 amide bonds. The van der Waals surface area contributed by atoms with E-state index in [0.29, 0.717) is 29.6 Å². The Balaban J connectivity index is 1.23. The van der Waals surface area contributed by atoms with Gasteiger partial charge >= 0.3 is 0 Å². The number of aromatic nitrogens is 1. The number of rotatable bonds is 9. The number of amides is 1. The maximum absolute atomic E-state index is 14.6. The third-order valence-corrected chi connectivity index (χ3v) is 6.66. The van der Waals surface area contributed by atoms with Crippen LogP contribution in [0.1, 0.15) is 29.4 Å². The predicted octanol–water partition coefficient (Wildman–Crippen LogP) is 4.67. The summed E-state index contributed by atoms with van der Waals surface area (Å²) >= 11 is 6.42. The van der Waals surface area contributed by atoms with Crippen molar-refractivity contribution in [1.29, 1.82) is 0 Å². The Morgan fingerprint density at radius 3 is 2.68 bits per heavy atom. The molecule has 0 bridgehead atoms. The van der Waals surface area contributed by atoms with Gasteiger partial charge in [-0.3, -0.25) is 9.69 Å². The first-order valence-corrected chi connectivity index (χ1v) is 12.2. The van der Waals surface area contributed by atoms with Gasteiger partial charge in [0.15, 0.2) is 5.75 Å². The SMILES string of the molecule is CCc1cc(Cl)c(OC)c(N2CCN(CC(F)CCNC(=O)c3cc4ccccc4[nH]3)CC2)c1. The number of hydrogen-bond acceptors (Lipinski definition) is 4. The lowest BCUT2D eigenvalue weighted by molar-refractivity contribution is 0.0943. The van der Waals surface area contributed by atoms with Crippen molar-refractivity contribution < 1.29 is 13.9 Å². The molecule has 34 heavy (non-hydrogen) atoms. The maximum atomic E-state index is 14.6. The lowest BCUT2D eigenvalue weighted by Crippen LogP contribution is -2.48. The van der Waals surface area contributed by atoms with Gasteiger partial charge in [0.2, 0.25) is 0 Å². The largest absolute Gasteiger partial charge is 0.493 e. The minimum Gasteiger partial charge on any atom is -0.493 e. The molecule has 1 aliphatic rings. The standard InChI is InChI=1S/C26H32ClFN4O2/c1-3-18-14-21(27)25(34-2)24(15-18)32-12-10-31(11-13-32)17-20(28)8-9-29-26(33)23-16-19-6-4-5-7-22(19)30-23/h4-7,14-16,20,30H,3,8-13,17H2,1-2H3,(H,29,33). The van der Waals surface area contributed by atoms with E-state index < -0.39 is 6.17 Å². The number of carbonyl (C=O) groups excluding carboxylic acids is 1. The first kappa shape index (κ1) is 24.4. The first-order valence-electron chi connectivity index (χ1n) is 11.8. The van der Waals surface area contributed by atoms with Gasteiger partial charge in [-0.25, -0.2) is 4.39 Å². The molecule has 1 fully saturated rings. The zero-order valence-corrected chi connectivity index (χ0v) is 20.5. The van der Waals surface area contributed by atoms with Crippen molar-refractivity contribution in [3.63, 3.8) is 0 Å². The van der Waals surface area contributed by atoms with Crippen molar-refractivity contribution >= 4 is 34.1 Å². The summed E-state index contributed by atoms with van der Waals surface area (Å²) in [6, 6.07) is 13.6. The summed E-state index contributed by atoms with van der Waals surface area (Å²) in [7, 11) is 1.64. The Morgan fingerprint density at radius 1 is 1.21 bits per heavy atom. The summed E-state index contributed by atoms with van der Waals surface area (Å²) < 4.78 is 20.2. The Hall–Kier alpha value is -2.77. The number of alkyl halides is 1. The molecule has 1 saturated heterocycles. The normalized spacial score (nSPS) is 15.5. The van der Waals surface area contributed by atoms with Gasteiger partial charge in [-0.2, -0.15) is 0 Å². The Kier molecular flexibility index (Phi) is 7.95. The summed E-state index contributed by atoms with van der Waals surface area (Å²) in [5.74, 6) is 0.486. The van der Waals surface area contributed by atoms with E-state index in [2.05, 4.69) is 33.1 Å².